The molecule has 0 bridgehead atoms. The molecular formula is C19H18N2O3S2. The van der Waals surface area contributed by atoms with Crippen LogP contribution in [0.1, 0.15) is 17.5 Å². The van der Waals surface area contributed by atoms with Crippen molar-refractivity contribution in [2.24, 2.45) is 0 Å². The van der Waals surface area contributed by atoms with Crippen LogP contribution >= 0.6 is 22.7 Å². The number of thiophene rings is 1. The first-order valence-electron chi connectivity index (χ1n) is 8.32. The molecule has 3 heterocycles. The maximum absolute atomic E-state index is 12.6. The smallest absolute Gasteiger partial charge is 0.265 e. The molecule has 1 N–H and O–H groups in total. The molecule has 4 rings (SSSR count). The average Bonchev–Trinajstić information content (AvgIpc) is 3.29. The van der Waals surface area contributed by atoms with Crippen LogP contribution in [0.25, 0.3) is 9.88 Å². The third kappa shape index (κ3) is 3.32. The van der Waals surface area contributed by atoms with Crippen molar-refractivity contribution >= 4 is 28.6 Å². The van der Waals surface area contributed by atoms with E-state index in [1.165, 1.54) is 0 Å². The van der Waals surface area contributed by atoms with Gasteiger partial charge in [-0.05, 0) is 37.4 Å². The Labute approximate surface area is 159 Å². The lowest BCUT2D eigenvalue weighted by Crippen LogP contribution is -2.48. The Hall–Kier alpha value is -2.38. The lowest BCUT2D eigenvalue weighted by Gasteiger charge is -2.30. The predicted molar refractivity (Wildman–Crippen MR) is 103 cm³/mol. The van der Waals surface area contributed by atoms with Gasteiger partial charge in [-0.2, -0.15) is 0 Å². The minimum atomic E-state index is -0.671. The molecule has 1 aromatic carbocycles. The van der Waals surface area contributed by atoms with Gasteiger partial charge in [0.1, 0.15) is 11.1 Å². The van der Waals surface area contributed by atoms with E-state index in [-0.39, 0.29) is 12.0 Å². The molecule has 1 aliphatic rings. The van der Waals surface area contributed by atoms with Gasteiger partial charge >= 0.3 is 0 Å². The number of carbonyl (C=O) groups is 1. The lowest BCUT2D eigenvalue weighted by molar-refractivity contribution is -0.133. The van der Waals surface area contributed by atoms with Crippen LogP contribution in [-0.2, 0) is 11.3 Å². The largest absolute Gasteiger partial charge is 0.482 e. The van der Waals surface area contributed by atoms with Crippen LogP contribution in [0.5, 0.6) is 11.5 Å². The number of carbonyl (C=O) groups excluding carboxylic acids is 1. The van der Waals surface area contributed by atoms with Gasteiger partial charge in [-0.25, -0.2) is 4.98 Å². The highest BCUT2D eigenvalue weighted by Crippen LogP contribution is 2.34. The van der Waals surface area contributed by atoms with E-state index in [2.05, 4.69) is 16.4 Å². The molecule has 0 saturated heterocycles. The normalized spacial score (nSPS) is 18.5. The standard InChI is InChI=1S/C19H18N2O3S2/c1-11-16(26-19(21-11)15-8-5-9-25-15)10-20-18(22)17-12(2)23-13-6-3-4-7-14(13)24-17/h3-9,12,17H,10H2,1-2H3,(H,20,22)/t12-,17-/m1/s1. The first-order valence-corrected chi connectivity index (χ1v) is 10.0. The second-order valence-electron chi connectivity index (χ2n) is 6.03. The number of ether oxygens (including phenoxy) is 2. The number of hydrogen-bond acceptors (Lipinski definition) is 6. The van der Waals surface area contributed by atoms with Crippen molar-refractivity contribution in [3.63, 3.8) is 0 Å². The Balaban J connectivity index is 1.43. The summed E-state index contributed by atoms with van der Waals surface area (Å²) in [5, 5.41) is 5.98. The van der Waals surface area contributed by atoms with Gasteiger partial charge in [-0.15, -0.1) is 22.7 Å². The molecule has 2 atom stereocenters. The molecule has 0 fully saturated rings. The number of thiazole rings is 1. The van der Waals surface area contributed by atoms with E-state index < -0.39 is 6.10 Å². The lowest BCUT2D eigenvalue weighted by atomic mass is 10.1. The first kappa shape index (κ1) is 17.1. The Morgan fingerprint density at radius 2 is 1.96 bits per heavy atom. The zero-order valence-corrected chi connectivity index (χ0v) is 16.0. The highest BCUT2D eigenvalue weighted by molar-refractivity contribution is 7.21. The second kappa shape index (κ2) is 7.09. The molecule has 0 aliphatic carbocycles. The van der Waals surface area contributed by atoms with E-state index in [0.29, 0.717) is 18.0 Å². The van der Waals surface area contributed by atoms with E-state index >= 15 is 0 Å². The van der Waals surface area contributed by atoms with Gasteiger partial charge in [-0.1, -0.05) is 18.2 Å². The highest BCUT2D eigenvalue weighted by Gasteiger charge is 2.34. The molecule has 1 aliphatic heterocycles. The quantitative estimate of drug-likeness (QED) is 0.736. The molecule has 3 aromatic rings. The summed E-state index contributed by atoms with van der Waals surface area (Å²) in [7, 11) is 0. The van der Waals surface area contributed by atoms with Crippen molar-refractivity contribution in [2.45, 2.75) is 32.6 Å². The maximum Gasteiger partial charge on any atom is 0.265 e. The zero-order chi connectivity index (χ0) is 18.1. The van der Waals surface area contributed by atoms with E-state index in [1.54, 1.807) is 22.7 Å². The fraction of sp³-hybridized carbons (Fsp3) is 0.263. The first-order chi connectivity index (χ1) is 12.6. The molecule has 1 amide bonds. The third-order valence-electron chi connectivity index (χ3n) is 4.15. The molecule has 0 saturated carbocycles. The number of fused-ring (bicyclic) bond motifs is 1. The fourth-order valence-electron chi connectivity index (χ4n) is 2.77. The summed E-state index contributed by atoms with van der Waals surface area (Å²) < 4.78 is 11.6. The van der Waals surface area contributed by atoms with Gasteiger partial charge in [0.05, 0.1) is 17.1 Å². The van der Waals surface area contributed by atoms with Gasteiger partial charge in [0.25, 0.3) is 5.91 Å². The molecule has 0 unspecified atom stereocenters. The van der Waals surface area contributed by atoms with Crippen LogP contribution in [0.15, 0.2) is 41.8 Å². The third-order valence-corrected chi connectivity index (χ3v) is 6.35. The van der Waals surface area contributed by atoms with Crippen LogP contribution in [0.4, 0.5) is 0 Å². The number of nitrogens with zero attached hydrogens (tertiary/aromatic N) is 1. The SMILES string of the molecule is Cc1nc(-c2cccs2)sc1CNC(=O)[C@@H]1Oc2ccccc2O[C@@H]1C. The monoisotopic (exact) mass is 386 g/mol. The summed E-state index contributed by atoms with van der Waals surface area (Å²) in [6, 6.07) is 11.5. The van der Waals surface area contributed by atoms with Crippen LogP contribution in [0, 0.1) is 6.92 Å². The summed E-state index contributed by atoms with van der Waals surface area (Å²) in [6.45, 7) is 4.24. The number of para-hydroxylation sites is 2. The van der Waals surface area contributed by atoms with Gasteiger partial charge in [0.15, 0.2) is 11.5 Å². The van der Waals surface area contributed by atoms with Gasteiger partial charge in [-0.3, -0.25) is 4.79 Å². The van der Waals surface area contributed by atoms with Crippen molar-refractivity contribution in [1.29, 1.82) is 0 Å². The van der Waals surface area contributed by atoms with E-state index in [4.69, 9.17) is 9.47 Å². The van der Waals surface area contributed by atoms with Crippen molar-refractivity contribution < 1.29 is 14.3 Å². The minimum absolute atomic E-state index is 0.183. The number of amides is 1. The zero-order valence-electron chi connectivity index (χ0n) is 14.4. The van der Waals surface area contributed by atoms with Gasteiger partial charge in [0, 0.05) is 4.88 Å². The van der Waals surface area contributed by atoms with E-state index in [9.17, 15) is 4.79 Å². The molecule has 26 heavy (non-hydrogen) atoms. The number of hydrogen-bond donors (Lipinski definition) is 1. The average molecular weight is 386 g/mol. The van der Waals surface area contributed by atoms with E-state index in [0.717, 1.165) is 20.5 Å². The van der Waals surface area contributed by atoms with Crippen molar-refractivity contribution in [3.8, 4) is 21.4 Å². The number of nitrogens with one attached hydrogen (secondary N) is 1. The summed E-state index contributed by atoms with van der Waals surface area (Å²) in [5.41, 5.74) is 0.943. The van der Waals surface area contributed by atoms with Crippen LogP contribution < -0.4 is 14.8 Å². The van der Waals surface area contributed by atoms with Crippen LogP contribution in [0.2, 0.25) is 0 Å². The topological polar surface area (TPSA) is 60.5 Å². The Morgan fingerprint density at radius 1 is 1.19 bits per heavy atom. The van der Waals surface area contributed by atoms with E-state index in [1.807, 2.05) is 49.6 Å². The molecule has 2 aromatic heterocycles. The van der Waals surface area contributed by atoms with Crippen LogP contribution in [-0.4, -0.2) is 23.1 Å². The molecule has 0 spiro atoms. The fourth-order valence-corrected chi connectivity index (χ4v) is 4.57. The Morgan fingerprint density at radius 3 is 2.69 bits per heavy atom. The number of aryl methyl sites for hydroxylation is 1. The van der Waals surface area contributed by atoms with Crippen LogP contribution in [0.3, 0.4) is 0 Å². The Kier molecular flexibility index (Phi) is 4.65. The molecule has 5 nitrogen and oxygen atoms in total. The minimum Gasteiger partial charge on any atom is -0.482 e. The Bertz CT molecular complexity index is 921. The number of aromatic nitrogens is 1. The number of rotatable bonds is 4. The molecular weight excluding hydrogens is 368 g/mol. The maximum atomic E-state index is 12.6. The van der Waals surface area contributed by atoms with Crippen molar-refractivity contribution in [3.05, 3.63) is 52.3 Å². The summed E-state index contributed by atoms with van der Waals surface area (Å²) in [4.78, 5) is 19.4. The summed E-state index contributed by atoms with van der Waals surface area (Å²) in [5.74, 6) is 1.08. The number of benzene rings is 1. The van der Waals surface area contributed by atoms with Gasteiger partial charge < -0.3 is 14.8 Å². The van der Waals surface area contributed by atoms with Crippen molar-refractivity contribution in [1.82, 2.24) is 10.3 Å². The predicted octanol–water partition coefficient (Wildman–Crippen LogP) is 4.02. The summed E-state index contributed by atoms with van der Waals surface area (Å²) in [6.07, 6.45) is -1.02. The summed E-state index contributed by atoms with van der Waals surface area (Å²) >= 11 is 3.27. The molecule has 0 radical (unpaired) electrons. The molecule has 7 heteroatoms. The van der Waals surface area contributed by atoms with Crippen molar-refractivity contribution in [2.75, 3.05) is 0 Å². The second-order valence-corrected chi connectivity index (χ2v) is 8.06. The molecule has 134 valence electrons. The highest BCUT2D eigenvalue weighted by atomic mass is 32.1. The van der Waals surface area contributed by atoms with Gasteiger partial charge in [0.2, 0.25) is 6.10 Å².